The van der Waals surface area contributed by atoms with Crippen molar-refractivity contribution in [2.45, 2.75) is 30.7 Å². The maximum absolute atomic E-state index is 12.2. The molecule has 0 bridgehead atoms. The van der Waals surface area contributed by atoms with Gasteiger partial charge in [-0.05, 0) is 48.9 Å². The van der Waals surface area contributed by atoms with Crippen LogP contribution in [0.25, 0.3) is 10.2 Å². The lowest BCUT2D eigenvalue weighted by molar-refractivity contribution is -0.118. The minimum absolute atomic E-state index is 0.0104. The maximum Gasteiger partial charge on any atom is 0.230 e. The Morgan fingerprint density at radius 2 is 2.15 bits per heavy atom. The van der Waals surface area contributed by atoms with Crippen molar-refractivity contribution in [3.63, 3.8) is 0 Å². The highest BCUT2D eigenvalue weighted by atomic mass is 35.5. The van der Waals surface area contributed by atoms with E-state index in [2.05, 4.69) is 15.3 Å². The van der Waals surface area contributed by atoms with Gasteiger partial charge in [0.1, 0.15) is 16.2 Å². The van der Waals surface area contributed by atoms with Crippen LogP contribution in [0.4, 0.5) is 0 Å². The van der Waals surface area contributed by atoms with Gasteiger partial charge >= 0.3 is 0 Å². The molecule has 8 heteroatoms. The highest BCUT2D eigenvalue weighted by molar-refractivity contribution is 8.00. The number of aromatic nitrogens is 2. The minimum atomic E-state index is -0.0104. The first kappa shape index (κ1) is 19.0. The summed E-state index contributed by atoms with van der Waals surface area (Å²) in [4.78, 5) is 23.5. The van der Waals surface area contributed by atoms with Crippen LogP contribution in [0, 0.1) is 0 Å². The number of halogens is 2. The number of thiophene rings is 1. The van der Waals surface area contributed by atoms with Crippen LogP contribution in [0.2, 0.25) is 10.0 Å². The van der Waals surface area contributed by atoms with Crippen molar-refractivity contribution >= 4 is 62.4 Å². The van der Waals surface area contributed by atoms with E-state index in [1.165, 1.54) is 28.6 Å². The lowest BCUT2D eigenvalue weighted by Crippen LogP contribution is -2.27. The summed E-state index contributed by atoms with van der Waals surface area (Å²) < 4.78 is 0. The SMILES string of the molecule is O=C(CSc1ncnc2sc3c(c12)CCC3)NCCc1ccc(Cl)cc1Cl. The van der Waals surface area contributed by atoms with Gasteiger partial charge < -0.3 is 5.32 Å². The second kappa shape index (κ2) is 8.35. The molecule has 27 heavy (non-hydrogen) atoms. The Labute approximate surface area is 175 Å². The van der Waals surface area contributed by atoms with Crippen molar-refractivity contribution in [2.24, 2.45) is 0 Å². The third-order valence-electron chi connectivity index (χ3n) is 4.54. The number of rotatable bonds is 6. The van der Waals surface area contributed by atoms with E-state index >= 15 is 0 Å². The normalized spacial score (nSPS) is 13.1. The third-order valence-corrected chi connectivity index (χ3v) is 7.31. The van der Waals surface area contributed by atoms with Crippen LogP contribution >= 0.6 is 46.3 Å². The van der Waals surface area contributed by atoms with Crippen molar-refractivity contribution in [2.75, 3.05) is 12.3 Å². The number of thioether (sulfide) groups is 1. The Hall–Kier alpha value is -1.34. The van der Waals surface area contributed by atoms with Gasteiger partial charge in [-0.15, -0.1) is 11.3 Å². The van der Waals surface area contributed by atoms with Gasteiger partial charge in [0.05, 0.1) is 5.75 Å². The van der Waals surface area contributed by atoms with Gasteiger partial charge in [-0.2, -0.15) is 0 Å². The fraction of sp³-hybridized carbons (Fsp3) is 0.316. The van der Waals surface area contributed by atoms with E-state index in [-0.39, 0.29) is 5.91 Å². The molecule has 4 rings (SSSR count). The molecule has 0 aliphatic heterocycles. The summed E-state index contributed by atoms with van der Waals surface area (Å²) in [6.07, 6.45) is 5.68. The van der Waals surface area contributed by atoms with Crippen molar-refractivity contribution in [3.8, 4) is 0 Å². The van der Waals surface area contributed by atoms with Crippen LogP contribution in [0.15, 0.2) is 29.6 Å². The highest BCUT2D eigenvalue weighted by Crippen LogP contribution is 2.39. The second-order valence-corrected chi connectivity index (χ2v) is 9.23. The molecule has 0 unspecified atom stereocenters. The number of benzene rings is 1. The number of amides is 1. The Balaban J connectivity index is 1.34. The molecular weight excluding hydrogens is 421 g/mol. The lowest BCUT2D eigenvalue weighted by Gasteiger charge is -2.07. The molecule has 2 heterocycles. The van der Waals surface area contributed by atoms with E-state index in [4.69, 9.17) is 23.2 Å². The van der Waals surface area contributed by atoms with Gasteiger partial charge in [0.25, 0.3) is 0 Å². The Bertz CT molecular complexity index is 1010. The molecule has 0 fully saturated rings. The molecule has 0 saturated carbocycles. The standard InChI is InChI=1S/C19H17Cl2N3OS2/c20-12-5-4-11(14(21)8-12)6-7-22-16(25)9-26-18-17-13-2-1-3-15(13)27-19(17)24-10-23-18/h4-5,8,10H,1-3,6-7,9H2,(H,22,25). The maximum atomic E-state index is 12.2. The first-order valence-corrected chi connectivity index (χ1v) is 11.3. The summed E-state index contributed by atoms with van der Waals surface area (Å²) in [6, 6.07) is 5.41. The average Bonchev–Trinajstić information content (AvgIpc) is 3.22. The zero-order chi connectivity index (χ0) is 18.8. The molecule has 1 aromatic carbocycles. The number of nitrogens with zero attached hydrogens (tertiary/aromatic N) is 2. The largest absolute Gasteiger partial charge is 0.355 e. The first-order chi connectivity index (χ1) is 13.1. The molecule has 2 aromatic heterocycles. The molecule has 1 amide bonds. The number of carbonyl (C=O) groups excluding carboxylic acids is 1. The molecule has 0 saturated heterocycles. The van der Waals surface area contributed by atoms with Gasteiger partial charge in [0.15, 0.2) is 0 Å². The van der Waals surface area contributed by atoms with Crippen molar-refractivity contribution in [1.29, 1.82) is 0 Å². The smallest absolute Gasteiger partial charge is 0.230 e. The highest BCUT2D eigenvalue weighted by Gasteiger charge is 2.21. The monoisotopic (exact) mass is 437 g/mol. The molecule has 3 aromatic rings. The van der Waals surface area contributed by atoms with E-state index in [1.54, 1.807) is 29.8 Å². The van der Waals surface area contributed by atoms with Crippen molar-refractivity contribution in [3.05, 3.63) is 50.6 Å². The predicted molar refractivity (Wildman–Crippen MR) is 113 cm³/mol. The van der Waals surface area contributed by atoms with Crippen LogP contribution in [-0.4, -0.2) is 28.2 Å². The fourth-order valence-corrected chi connectivity index (χ4v) is 5.91. The van der Waals surface area contributed by atoms with Gasteiger partial charge in [-0.3, -0.25) is 4.79 Å². The predicted octanol–water partition coefficient (Wildman–Crippen LogP) is 4.94. The molecule has 140 valence electrons. The van der Waals surface area contributed by atoms with Crippen LogP contribution < -0.4 is 5.32 Å². The number of fused-ring (bicyclic) bond motifs is 3. The molecule has 1 N–H and O–H groups in total. The molecular formula is C19H17Cl2N3OS2. The first-order valence-electron chi connectivity index (χ1n) is 8.70. The summed E-state index contributed by atoms with van der Waals surface area (Å²) >= 11 is 15.3. The summed E-state index contributed by atoms with van der Waals surface area (Å²) in [6.45, 7) is 0.535. The Morgan fingerprint density at radius 3 is 3.00 bits per heavy atom. The van der Waals surface area contributed by atoms with Crippen LogP contribution in [0.5, 0.6) is 0 Å². The van der Waals surface area contributed by atoms with Gasteiger partial charge in [-0.1, -0.05) is 41.0 Å². The average molecular weight is 438 g/mol. The quantitative estimate of drug-likeness (QED) is 0.438. The molecule has 1 aliphatic rings. The third kappa shape index (κ3) is 4.24. The number of aryl methyl sites for hydroxylation is 2. The molecule has 4 nitrogen and oxygen atoms in total. The van der Waals surface area contributed by atoms with Gasteiger partial charge in [0.2, 0.25) is 5.91 Å². The summed E-state index contributed by atoms with van der Waals surface area (Å²) in [5.74, 6) is 0.328. The number of hydrogen-bond donors (Lipinski definition) is 1. The Kier molecular flexibility index (Phi) is 5.88. The molecule has 0 radical (unpaired) electrons. The van der Waals surface area contributed by atoms with E-state index in [1.807, 2.05) is 6.07 Å². The fourth-order valence-electron chi connectivity index (χ4n) is 3.26. The minimum Gasteiger partial charge on any atom is -0.355 e. The molecule has 1 aliphatic carbocycles. The molecule has 0 spiro atoms. The van der Waals surface area contributed by atoms with E-state index in [0.717, 1.165) is 33.6 Å². The second-order valence-electron chi connectivity index (χ2n) is 6.34. The van der Waals surface area contributed by atoms with Crippen molar-refractivity contribution in [1.82, 2.24) is 15.3 Å². The van der Waals surface area contributed by atoms with Crippen LogP contribution in [0.1, 0.15) is 22.4 Å². The summed E-state index contributed by atoms with van der Waals surface area (Å²) in [5, 5.41) is 6.25. The summed E-state index contributed by atoms with van der Waals surface area (Å²) in [5.41, 5.74) is 2.36. The van der Waals surface area contributed by atoms with Gasteiger partial charge in [0, 0.05) is 26.9 Å². The lowest BCUT2D eigenvalue weighted by atomic mass is 10.1. The van der Waals surface area contributed by atoms with Crippen LogP contribution in [0.3, 0.4) is 0 Å². The van der Waals surface area contributed by atoms with Gasteiger partial charge in [-0.25, -0.2) is 9.97 Å². The van der Waals surface area contributed by atoms with E-state index in [9.17, 15) is 4.79 Å². The number of hydrogen-bond acceptors (Lipinski definition) is 5. The van der Waals surface area contributed by atoms with E-state index < -0.39 is 0 Å². The summed E-state index contributed by atoms with van der Waals surface area (Å²) in [7, 11) is 0. The topological polar surface area (TPSA) is 54.9 Å². The molecule has 0 atom stereocenters. The number of carbonyl (C=O) groups is 1. The van der Waals surface area contributed by atoms with E-state index in [0.29, 0.717) is 28.8 Å². The zero-order valence-electron chi connectivity index (χ0n) is 14.4. The zero-order valence-corrected chi connectivity index (χ0v) is 17.6. The van der Waals surface area contributed by atoms with Crippen LogP contribution in [-0.2, 0) is 24.1 Å². The van der Waals surface area contributed by atoms with Crippen molar-refractivity contribution < 1.29 is 4.79 Å². The Morgan fingerprint density at radius 1 is 1.26 bits per heavy atom. The number of nitrogens with one attached hydrogen (secondary N) is 1.